The quantitative estimate of drug-likeness (QED) is 0.389. The molecule has 1 spiro atoms. The molecule has 0 radical (unpaired) electrons. The van der Waals surface area contributed by atoms with Gasteiger partial charge in [0.2, 0.25) is 0 Å². The summed E-state index contributed by atoms with van der Waals surface area (Å²) in [4.78, 5) is 12.2. The Morgan fingerprint density at radius 2 is 1.96 bits per heavy atom. The number of halogens is 1. The van der Waals surface area contributed by atoms with Crippen LogP contribution in [0.1, 0.15) is 65.2 Å². The Bertz CT molecular complexity index is 724. The minimum Gasteiger partial charge on any atom is -0.374 e. The number of ketones is 1. The third-order valence-corrected chi connectivity index (χ3v) is 10.8. The van der Waals surface area contributed by atoms with Crippen molar-refractivity contribution in [2.45, 2.75) is 70.8 Å². The Morgan fingerprint density at radius 3 is 2.70 bits per heavy atom. The van der Waals surface area contributed by atoms with Crippen molar-refractivity contribution in [2.75, 3.05) is 11.0 Å². The monoisotopic (exact) mass is 480 g/mol. The summed E-state index contributed by atoms with van der Waals surface area (Å²) in [5, 5.41) is 0. The molecule has 5 fully saturated rings. The zero-order valence-corrected chi connectivity index (χ0v) is 19.0. The van der Waals surface area contributed by atoms with E-state index >= 15 is 0 Å². The normalized spacial score (nSPS) is 53.9. The van der Waals surface area contributed by atoms with Crippen LogP contribution < -0.4 is 0 Å². The number of alkyl halides is 1. The summed E-state index contributed by atoms with van der Waals surface area (Å²) < 4.78 is 7.77. The molecule has 8 atom stereocenters. The van der Waals surface area contributed by atoms with Gasteiger partial charge in [0, 0.05) is 10.8 Å². The number of carbonyl (C=O) groups is 1. The Morgan fingerprint density at radius 1 is 1.15 bits per heavy atom. The standard InChI is InChI=1S/C24H33IO2/c1-22-6-5-15-16-4-3-14(26)11-20(16)24(7-8-24)13-18(15)21(22)17-12-19(17)23(22,2)27-10-9-25/h11,15-19,21H,3-10,12-13H2,1-2H3. The molecule has 0 saturated heterocycles. The average Bonchev–Trinajstić information content (AvgIpc) is 3.56. The van der Waals surface area contributed by atoms with Gasteiger partial charge in [0.25, 0.3) is 0 Å². The van der Waals surface area contributed by atoms with E-state index in [0.717, 1.165) is 59.4 Å². The van der Waals surface area contributed by atoms with E-state index < -0.39 is 0 Å². The van der Waals surface area contributed by atoms with E-state index in [0.29, 0.717) is 16.6 Å². The van der Waals surface area contributed by atoms with Gasteiger partial charge in [-0.15, -0.1) is 0 Å². The molecule has 0 N–H and O–H groups in total. The van der Waals surface area contributed by atoms with Gasteiger partial charge in [0.1, 0.15) is 0 Å². The van der Waals surface area contributed by atoms with Crippen molar-refractivity contribution >= 4 is 28.4 Å². The summed E-state index contributed by atoms with van der Waals surface area (Å²) >= 11 is 2.46. The molecule has 0 aliphatic heterocycles. The van der Waals surface area contributed by atoms with Crippen molar-refractivity contribution in [3.63, 3.8) is 0 Å². The van der Waals surface area contributed by atoms with Crippen LogP contribution in [-0.4, -0.2) is 22.4 Å². The summed E-state index contributed by atoms with van der Waals surface area (Å²) in [5.74, 6) is 5.49. The molecule has 0 aromatic carbocycles. The zero-order chi connectivity index (χ0) is 18.6. The van der Waals surface area contributed by atoms with Crippen LogP contribution in [0.3, 0.4) is 0 Å². The number of fused-ring (bicyclic) bond motifs is 8. The van der Waals surface area contributed by atoms with E-state index in [-0.39, 0.29) is 5.60 Å². The number of rotatable bonds is 3. The molecule has 0 bridgehead atoms. The zero-order valence-electron chi connectivity index (χ0n) is 16.8. The van der Waals surface area contributed by atoms with Crippen molar-refractivity contribution in [1.29, 1.82) is 0 Å². The van der Waals surface area contributed by atoms with Crippen LogP contribution in [0.15, 0.2) is 11.6 Å². The Balaban J connectivity index is 1.37. The van der Waals surface area contributed by atoms with Crippen LogP contribution in [0, 0.1) is 46.3 Å². The van der Waals surface area contributed by atoms with Gasteiger partial charge in [-0.2, -0.15) is 0 Å². The lowest BCUT2D eigenvalue weighted by atomic mass is 9.47. The Kier molecular flexibility index (Phi) is 3.73. The van der Waals surface area contributed by atoms with Crippen LogP contribution in [0.4, 0.5) is 0 Å². The van der Waals surface area contributed by atoms with E-state index in [1.807, 2.05) is 0 Å². The summed E-state index contributed by atoms with van der Waals surface area (Å²) in [6.07, 6.45) is 12.3. The summed E-state index contributed by atoms with van der Waals surface area (Å²) in [6, 6.07) is 0. The molecular formula is C24H33IO2. The number of ether oxygens (including phenoxy) is 1. The maximum absolute atomic E-state index is 12.2. The van der Waals surface area contributed by atoms with E-state index in [2.05, 4.69) is 42.5 Å². The average molecular weight is 480 g/mol. The maximum Gasteiger partial charge on any atom is 0.155 e. The van der Waals surface area contributed by atoms with Gasteiger partial charge in [-0.3, -0.25) is 4.79 Å². The molecule has 6 aliphatic carbocycles. The second kappa shape index (κ2) is 5.62. The first-order valence-electron chi connectivity index (χ1n) is 11.4. The lowest BCUT2D eigenvalue weighted by molar-refractivity contribution is -0.162. The second-order valence-electron chi connectivity index (χ2n) is 11.2. The van der Waals surface area contributed by atoms with E-state index in [1.54, 1.807) is 5.57 Å². The van der Waals surface area contributed by atoms with Crippen molar-refractivity contribution in [3.8, 4) is 0 Å². The molecule has 3 heteroatoms. The maximum atomic E-state index is 12.2. The number of carbonyl (C=O) groups excluding carboxylic acids is 1. The molecule has 5 saturated carbocycles. The van der Waals surface area contributed by atoms with Crippen LogP contribution >= 0.6 is 22.6 Å². The first-order chi connectivity index (χ1) is 12.9. The molecule has 6 rings (SSSR count). The van der Waals surface area contributed by atoms with Gasteiger partial charge >= 0.3 is 0 Å². The van der Waals surface area contributed by atoms with Gasteiger partial charge in [0.05, 0.1) is 12.2 Å². The minimum atomic E-state index is 0.105. The summed E-state index contributed by atoms with van der Waals surface area (Å²) in [6.45, 7) is 5.99. The molecule has 27 heavy (non-hydrogen) atoms. The van der Waals surface area contributed by atoms with Crippen molar-refractivity contribution < 1.29 is 9.53 Å². The Hall–Kier alpha value is 0.1000. The highest BCUT2D eigenvalue weighted by molar-refractivity contribution is 14.1. The molecular weight excluding hydrogens is 447 g/mol. The minimum absolute atomic E-state index is 0.105. The van der Waals surface area contributed by atoms with Crippen LogP contribution in [0.25, 0.3) is 0 Å². The highest BCUT2D eigenvalue weighted by Crippen LogP contribution is 2.79. The second-order valence-corrected chi connectivity index (χ2v) is 12.2. The molecule has 0 amide bonds. The molecule has 2 nitrogen and oxygen atoms in total. The van der Waals surface area contributed by atoms with Gasteiger partial charge in [0.15, 0.2) is 5.78 Å². The van der Waals surface area contributed by atoms with Crippen LogP contribution in [-0.2, 0) is 9.53 Å². The number of hydrogen-bond donors (Lipinski definition) is 0. The molecule has 148 valence electrons. The van der Waals surface area contributed by atoms with Gasteiger partial charge < -0.3 is 4.74 Å². The van der Waals surface area contributed by atoms with E-state index in [4.69, 9.17) is 4.74 Å². The lowest BCUT2D eigenvalue weighted by Gasteiger charge is -2.59. The molecule has 8 unspecified atom stereocenters. The lowest BCUT2D eigenvalue weighted by Crippen LogP contribution is -2.56. The first kappa shape index (κ1) is 17.9. The SMILES string of the molecule is CC12CCC3C4CCC(=O)C=C4C4(CC4)CC3C1C1CC1C2(C)OCCI. The molecule has 0 heterocycles. The fraction of sp³-hybridized carbons (Fsp3) is 0.875. The highest BCUT2D eigenvalue weighted by atomic mass is 127. The fourth-order valence-corrected chi connectivity index (χ4v) is 9.15. The predicted octanol–water partition coefficient (Wildman–Crippen LogP) is 5.58. The van der Waals surface area contributed by atoms with Crippen molar-refractivity contribution in [3.05, 3.63) is 11.6 Å². The largest absolute Gasteiger partial charge is 0.374 e. The summed E-state index contributed by atoms with van der Waals surface area (Å²) in [5.41, 5.74) is 2.52. The highest BCUT2D eigenvalue weighted by Gasteiger charge is 2.76. The van der Waals surface area contributed by atoms with E-state index in [1.165, 1.54) is 38.5 Å². The molecule has 6 aliphatic rings. The van der Waals surface area contributed by atoms with Crippen LogP contribution in [0.2, 0.25) is 0 Å². The molecule has 0 aromatic heterocycles. The third kappa shape index (κ3) is 2.20. The van der Waals surface area contributed by atoms with E-state index in [9.17, 15) is 4.79 Å². The fourth-order valence-electron chi connectivity index (χ4n) is 8.93. The smallest absolute Gasteiger partial charge is 0.155 e. The van der Waals surface area contributed by atoms with Gasteiger partial charge in [-0.05, 0) is 104 Å². The Labute approximate surface area is 177 Å². The summed E-state index contributed by atoms with van der Waals surface area (Å²) in [7, 11) is 0. The first-order valence-corrected chi connectivity index (χ1v) is 12.9. The van der Waals surface area contributed by atoms with Gasteiger partial charge in [-0.25, -0.2) is 0 Å². The van der Waals surface area contributed by atoms with Crippen molar-refractivity contribution in [1.82, 2.24) is 0 Å². The van der Waals surface area contributed by atoms with Crippen molar-refractivity contribution in [2.24, 2.45) is 46.3 Å². The topological polar surface area (TPSA) is 26.3 Å². The predicted molar refractivity (Wildman–Crippen MR) is 115 cm³/mol. The number of allylic oxidation sites excluding steroid dienone is 1. The van der Waals surface area contributed by atoms with Crippen LogP contribution in [0.5, 0.6) is 0 Å². The third-order valence-electron chi connectivity index (χ3n) is 10.4. The number of hydrogen-bond acceptors (Lipinski definition) is 2. The molecule has 0 aromatic rings. The van der Waals surface area contributed by atoms with Gasteiger partial charge in [-0.1, -0.05) is 35.1 Å².